The molecule has 0 amide bonds. The van der Waals surface area contributed by atoms with Gasteiger partial charge in [0, 0.05) is 24.8 Å². The summed E-state index contributed by atoms with van der Waals surface area (Å²) in [4.78, 5) is 2.27. The topological polar surface area (TPSA) is 58.7 Å². The highest BCUT2D eigenvalue weighted by Gasteiger charge is 2.33. The lowest BCUT2D eigenvalue weighted by molar-refractivity contribution is -0.101. The molecule has 1 unspecified atom stereocenters. The van der Waals surface area contributed by atoms with Gasteiger partial charge in [-0.15, -0.1) is 0 Å². The van der Waals surface area contributed by atoms with E-state index in [4.69, 9.17) is 10.5 Å². The lowest BCUT2D eigenvalue weighted by Gasteiger charge is -2.44. The van der Waals surface area contributed by atoms with Crippen LogP contribution in [-0.4, -0.2) is 36.5 Å². The first-order valence-electron chi connectivity index (χ1n) is 6.81. The number of anilines is 1. The van der Waals surface area contributed by atoms with Gasteiger partial charge in [-0.1, -0.05) is 18.2 Å². The first-order valence-corrected chi connectivity index (χ1v) is 6.81. The van der Waals surface area contributed by atoms with E-state index in [1.807, 2.05) is 19.1 Å². The quantitative estimate of drug-likeness (QED) is 0.872. The molecule has 0 aromatic heterocycles. The smallest absolute Gasteiger partial charge is 0.0988 e. The summed E-state index contributed by atoms with van der Waals surface area (Å²) in [5.41, 5.74) is 8.06. The van der Waals surface area contributed by atoms with Crippen molar-refractivity contribution in [3.8, 4) is 0 Å². The van der Waals surface area contributed by atoms with E-state index in [9.17, 15) is 5.11 Å². The zero-order valence-electron chi connectivity index (χ0n) is 12.0. The van der Waals surface area contributed by atoms with E-state index in [2.05, 4.69) is 30.9 Å². The minimum Gasteiger partial charge on any atom is -0.394 e. The Morgan fingerprint density at radius 1 is 1.47 bits per heavy atom. The summed E-state index contributed by atoms with van der Waals surface area (Å²) >= 11 is 0. The third-order valence-electron chi connectivity index (χ3n) is 3.45. The number of ether oxygens (including phenoxy) is 1. The number of aliphatic hydroxyl groups excluding tert-OH is 1. The Kier molecular flexibility index (Phi) is 4.13. The molecule has 0 spiro atoms. The summed E-state index contributed by atoms with van der Waals surface area (Å²) in [6.45, 7) is 7.64. The molecule has 0 aliphatic carbocycles. The molecule has 1 aromatic carbocycles. The van der Waals surface area contributed by atoms with Gasteiger partial charge in [0.05, 0.1) is 18.3 Å². The van der Waals surface area contributed by atoms with Gasteiger partial charge in [-0.05, 0) is 32.4 Å². The summed E-state index contributed by atoms with van der Waals surface area (Å²) in [6, 6.07) is 8.19. The molecule has 1 aliphatic rings. The van der Waals surface area contributed by atoms with Crippen LogP contribution in [0.3, 0.4) is 0 Å². The number of nitrogens with zero attached hydrogens (tertiary/aromatic N) is 1. The Hall–Kier alpha value is -1.10. The standard InChI is InChI=1S/C15H24N2O2/c1-11(16)13-6-4-5-7-14(13)17-8-12(9-18)19-15(2,3)10-17/h4-7,11-12,18H,8-10,16H2,1-3H3/t11-,12?/m0/s1. The first-order chi connectivity index (χ1) is 8.93. The Balaban J connectivity index is 2.30. The van der Waals surface area contributed by atoms with Crippen molar-refractivity contribution in [1.29, 1.82) is 0 Å². The van der Waals surface area contributed by atoms with Crippen LogP contribution in [0.1, 0.15) is 32.4 Å². The van der Waals surface area contributed by atoms with E-state index in [1.54, 1.807) is 0 Å². The minimum absolute atomic E-state index is 0.00488. The van der Waals surface area contributed by atoms with E-state index in [-0.39, 0.29) is 24.4 Å². The summed E-state index contributed by atoms with van der Waals surface area (Å²) in [7, 11) is 0. The largest absolute Gasteiger partial charge is 0.394 e. The molecule has 1 aliphatic heterocycles. The molecule has 4 heteroatoms. The number of morpholine rings is 1. The third kappa shape index (κ3) is 3.26. The van der Waals surface area contributed by atoms with Crippen molar-refractivity contribution >= 4 is 5.69 Å². The van der Waals surface area contributed by atoms with Crippen LogP contribution >= 0.6 is 0 Å². The molecule has 106 valence electrons. The van der Waals surface area contributed by atoms with Crippen LogP contribution in [0.5, 0.6) is 0 Å². The second-order valence-corrected chi connectivity index (χ2v) is 5.91. The summed E-state index contributed by atoms with van der Waals surface area (Å²) < 4.78 is 5.85. The highest BCUT2D eigenvalue weighted by Crippen LogP contribution is 2.30. The fraction of sp³-hybridized carbons (Fsp3) is 0.600. The van der Waals surface area contributed by atoms with Gasteiger partial charge >= 0.3 is 0 Å². The third-order valence-corrected chi connectivity index (χ3v) is 3.45. The van der Waals surface area contributed by atoms with E-state index >= 15 is 0 Å². The van der Waals surface area contributed by atoms with E-state index in [0.717, 1.165) is 17.8 Å². The number of para-hydroxylation sites is 1. The predicted molar refractivity (Wildman–Crippen MR) is 77.3 cm³/mol. The molecule has 0 radical (unpaired) electrons. The number of hydrogen-bond donors (Lipinski definition) is 2. The summed E-state index contributed by atoms with van der Waals surface area (Å²) in [5.74, 6) is 0. The van der Waals surface area contributed by atoms with Gasteiger partial charge in [0.25, 0.3) is 0 Å². The number of hydrogen-bond acceptors (Lipinski definition) is 4. The van der Waals surface area contributed by atoms with Crippen LogP contribution in [-0.2, 0) is 4.74 Å². The van der Waals surface area contributed by atoms with Crippen LogP contribution in [0.4, 0.5) is 5.69 Å². The lowest BCUT2D eigenvalue weighted by Crippen LogP contribution is -2.54. The molecule has 3 N–H and O–H groups in total. The van der Waals surface area contributed by atoms with Crippen molar-refractivity contribution in [3.05, 3.63) is 29.8 Å². The SMILES string of the molecule is C[C@H](N)c1ccccc1N1CC(CO)OC(C)(C)C1. The zero-order valence-corrected chi connectivity index (χ0v) is 12.0. The molecule has 0 bridgehead atoms. The van der Waals surface area contributed by atoms with Gasteiger partial charge in [-0.3, -0.25) is 0 Å². The number of nitrogens with two attached hydrogens (primary N) is 1. The van der Waals surface area contributed by atoms with Crippen molar-refractivity contribution < 1.29 is 9.84 Å². The van der Waals surface area contributed by atoms with Gasteiger partial charge in [0.1, 0.15) is 0 Å². The number of aliphatic hydroxyl groups is 1. The van der Waals surface area contributed by atoms with E-state index in [0.29, 0.717) is 6.54 Å². The van der Waals surface area contributed by atoms with Crippen molar-refractivity contribution in [2.75, 3.05) is 24.6 Å². The molecule has 2 atom stereocenters. The Morgan fingerprint density at radius 3 is 2.79 bits per heavy atom. The Labute approximate surface area is 115 Å². The highest BCUT2D eigenvalue weighted by molar-refractivity contribution is 5.55. The molecule has 1 heterocycles. The first kappa shape index (κ1) is 14.3. The molecule has 1 aromatic rings. The maximum Gasteiger partial charge on any atom is 0.0988 e. The fourth-order valence-electron chi connectivity index (χ4n) is 2.73. The fourth-order valence-corrected chi connectivity index (χ4v) is 2.73. The van der Waals surface area contributed by atoms with Crippen molar-refractivity contribution in [3.63, 3.8) is 0 Å². The summed E-state index contributed by atoms with van der Waals surface area (Å²) in [5, 5.41) is 9.39. The van der Waals surface area contributed by atoms with Crippen molar-refractivity contribution in [2.45, 2.75) is 38.5 Å². The average molecular weight is 264 g/mol. The molecule has 4 nitrogen and oxygen atoms in total. The predicted octanol–water partition coefficient (Wildman–Crippen LogP) is 1.68. The van der Waals surface area contributed by atoms with Gasteiger partial charge in [-0.25, -0.2) is 0 Å². The van der Waals surface area contributed by atoms with Gasteiger partial charge in [-0.2, -0.15) is 0 Å². The van der Waals surface area contributed by atoms with E-state index < -0.39 is 0 Å². The molecule has 19 heavy (non-hydrogen) atoms. The molecule has 0 saturated carbocycles. The van der Waals surface area contributed by atoms with Crippen LogP contribution in [0.2, 0.25) is 0 Å². The highest BCUT2D eigenvalue weighted by atomic mass is 16.5. The van der Waals surface area contributed by atoms with Crippen LogP contribution in [0, 0.1) is 0 Å². The average Bonchev–Trinajstić information content (AvgIpc) is 2.36. The maximum absolute atomic E-state index is 9.39. The molecule has 1 saturated heterocycles. The van der Waals surface area contributed by atoms with Crippen LogP contribution in [0.15, 0.2) is 24.3 Å². The van der Waals surface area contributed by atoms with Gasteiger partial charge < -0.3 is 20.5 Å². The van der Waals surface area contributed by atoms with Gasteiger partial charge in [0.2, 0.25) is 0 Å². The maximum atomic E-state index is 9.39. The second-order valence-electron chi connectivity index (χ2n) is 5.91. The van der Waals surface area contributed by atoms with Gasteiger partial charge in [0.15, 0.2) is 0 Å². The van der Waals surface area contributed by atoms with Crippen LogP contribution in [0.25, 0.3) is 0 Å². The summed E-state index contributed by atoms with van der Waals surface area (Å²) in [6.07, 6.45) is -0.148. The Morgan fingerprint density at radius 2 is 2.16 bits per heavy atom. The van der Waals surface area contributed by atoms with Crippen molar-refractivity contribution in [2.24, 2.45) is 5.73 Å². The Bertz CT molecular complexity index is 432. The number of benzene rings is 1. The normalized spacial score (nSPS) is 24.3. The zero-order chi connectivity index (χ0) is 14.0. The molecular formula is C15H24N2O2. The second kappa shape index (κ2) is 5.49. The van der Waals surface area contributed by atoms with E-state index in [1.165, 1.54) is 0 Å². The molecule has 1 fully saturated rings. The van der Waals surface area contributed by atoms with Crippen LogP contribution < -0.4 is 10.6 Å². The minimum atomic E-state index is -0.267. The number of rotatable bonds is 3. The molecular weight excluding hydrogens is 240 g/mol. The monoisotopic (exact) mass is 264 g/mol. The lowest BCUT2D eigenvalue weighted by atomic mass is 10.0. The molecule has 2 rings (SSSR count). The van der Waals surface area contributed by atoms with Crippen molar-refractivity contribution in [1.82, 2.24) is 0 Å².